The highest BCUT2D eigenvalue weighted by Crippen LogP contribution is 2.21. The summed E-state index contributed by atoms with van der Waals surface area (Å²) in [5.41, 5.74) is -1.57. The molecule has 0 aliphatic heterocycles. The number of thiol groups is 1. The van der Waals surface area contributed by atoms with E-state index >= 15 is 0 Å². The van der Waals surface area contributed by atoms with Crippen LogP contribution >= 0.6 is 12.6 Å². The van der Waals surface area contributed by atoms with Crippen LogP contribution in [0.1, 0.15) is 15.9 Å². The molecule has 1 aromatic rings. The van der Waals surface area contributed by atoms with Crippen molar-refractivity contribution in [3.8, 4) is 0 Å². The quantitative estimate of drug-likeness (QED) is 0.594. The first-order valence-corrected chi connectivity index (χ1v) is 4.12. The van der Waals surface area contributed by atoms with Crippen LogP contribution in [0.3, 0.4) is 0 Å². The van der Waals surface area contributed by atoms with Gasteiger partial charge in [-0.2, -0.15) is 12.6 Å². The maximum atomic E-state index is 13.1. The molecule has 0 heterocycles. The SMILES string of the molecule is O=C(O)c1cc(F)c(F)c(CS)c1F. The fourth-order valence-corrected chi connectivity index (χ4v) is 1.23. The summed E-state index contributed by atoms with van der Waals surface area (Å²) in [5, 5.41) is 8.45. The second-order valence-electron chi connectivity index (χ2n) is 2.48. The number of aromatic carboxylic acids is 1. The number of carboxylic acid groups (broad SMARTS) is 1. The summed E-state index contributed by atoms with van der Waals surface area (Å²) >= 11 is 3.57. The van der Waals surface area contributed by atoms with Crippen molar-refractivity contribution in [2.75, 3.05) is 0 Å². The van der Waals surface area contributed by atoms with Crippen molar-refractivity contribution >= 4 is 18.6 Å². The lowest BCUT2D eigenvalue weighted by molar-refractivity contribution is 0.0690. The third-order valence-corrected chi connectivity index (χ3v) is 1.95. The van der Waals surface area contributed by atoms with Gasteiger partial charge in [-0.3, -0.25) is 0 Å². The minimum Gasteiger partial charge on any atom is -0.478 e. The van der Waals surface area contributed by atoms with Crippen LogP contribution in [0.25, 0.3) is 0 Å². The zero-order chi connectivity index (χ0) is 10.9. The molecule has 0 aliphatic carbocycles. The third kappa shape index (κ3) is 1.70. The Hall–Kier alpha value is -1.17. The maximum Gasteiger partial charge on any atom is 0.338 e. The van der Waals surface area contributed by atoms with Gasteiger partial charge in [0, 0.05) is 11.3 Å². The Bertz CT molecular complexity index is 393. The van der Waals surface area contributed by atoms with E-state index in [0.29, 0.717) is 6.07 Å². The number of hydrogen-bond acceptors (Lipinski definition) is 2. The second-order valence-corrected chi connectivity index (χ2v) is 2.79. The Morgan fingerprint density at radius 3 is 2.36 bits per heavy atom. The molecule has 1 aromatic carbocycles. The fourth-order valence-electron chi connectivity index (χ4n) is 0.951. The number of benzene rings is 1. The molecule has 0 amide bonds. The van der Waals surface area contributed by atoms with Crippen molar-refractivity contribution in [3.63, 3.8) is 0 Å². The summed E-state index contributed by atoms with van der Waals surface area (Å²) in [6.07, 6.45) is 0. The molecular weight excluding hydrogens is 217 g/mol. The first kappa shape index (κ1) is 10.9. The minimum absolute atomic E-state index is 0.305. The summed E-state index contributed by atoms with van der Waals surface area (Å²) in [6.45, 7) is 0. The van der Waals surface area contributed by atoms with E-state index in [1.807, 2.05) is 0 Å². The van der Waals surface area contributed by atoms with E-state index in [-0.39, 0.29) is 0 Å². The van der Waals surface area contributed by atoms with Crippen molar-refractivity contribution in [3.05, 3.63) is 34.6 Å². The molecule has 1 rings (SSSR count). The smallest absolute Gasteiger partial charge is 0.338 e. The molecule has 1 N–H and O–H groups in total. The van der Waals surface area contributed by atoms with Gasteiger partial charge < -0.3 is 5.11 Å². The molecule has 0 spiro atoms. The molecule has 6 heteroatoms. The Morgan fingerprint density at radius 1 is 1.36 bits per heavy atom. The molecule has 0 bridgehead atoms. The Morgan fingerprint density at radius 2 is 1.93 bits per heavy atom. The van der Waals surface area contributed by atoms with Crippen LogP contribution in [0.4, 0.5) is 13.2 Å². The highest BCUT2D eigenvalue weighted by atomic mass is 32.1. The average Bonchev–Trinajstić information content (AvgIpc) is 2.12. The van der Waals surface area contributed by atoms with Crippen LogP contribution < -0.4 is 0 Å². The van der Waals surface area contributed by atoms with E-state index in [1.54, 1.807) is 0 Å². The molecule has 0 unspecified atom stereocenters. The van der Waals surface area contributed by atoms with Gasteiger partial charge in [-0.05, 0) is 6.07 Å². The van der Waals surface area contributed by atoms with Crippen LogP contribution in [0.5, 0.6) is 0 Å². The maximum absolute atomic E-state index is 13.1. The van der Waals surface area contributed by atoms with E-state index < -0.39 is 40.3 Å². The normalized spacial score (nSPS) is 10.3. The highest BCUT2D eigenvalue weighted by Gasteiger charge is 2.21. The molecule has 0 radical (unpaired) electrons. The standard InChI is InChI=1S/C8H5F3O2S/c9-5-1-3(8(12)13)6(10)4(2-14)7(5)11/h1,14H,2H2,(H,12,13). The topological polar surface area (TPSA) is 37.3 Å². The van der Waals surface area contributed by atoms with Crippen molar-refractivity contribution in [2.24, 2.45) is 0 Å². The van der Waals surface area contributed by atoms with E-state index in [0.717, 1.165) is 0 Å². The summed E-state index contributed by atoms with van der Waals surface area (Å²) in [4.78, 5) is 10.4. The van der Waals surface area contributed by atoms with Crippen molar-refractivity contribution in [2.45, 2.75) is 5.75 Å². The predicted molar refractivity (Wildman–Crippen MR) is 46.0 cm³/mol. The molecule has 2 nitrogen and oxygen atoms in total. The zero-order valence-electron chi connectivity index (χ0n) is 6.72. The number of rotatable bonds is 2. The Kier molecular flexibility index (Phi) is 3.05. The highest BCUT2D eigenvalue weighted by molar-refractivity contribution is 7.79. The van der Waals surface area contributed by atoms with Crippen molar-refractivity contribution in [1.29, 1.82) is 0 Å². The largest absolute Gasteiger partial charge is 0.478 e. The van der Waals surface area contributed by atoms with Gasteiger partial charge in [-0.1, -0.05) is 0 Å². The minimum atomic E-state index is -1.65. The van der Waals surface area contributed by atoms with E-state index in [1.165, 1.54) is 0 Å². The molecule has 0 atom stereocenters. The molecule has 14 heavy (non-hydrogen) atoms. The van der Waals surface area contributed by atoms with Gasteiger partial charge in [0.15, 0.2) is 11.6 Å². The third-order valence-electron chi connectivity index (χ3n) is 1.64. The fraction of sp³-hybridized carbons (Fsp3) is 0.125. The summed E-state index contributed by atoms with van der Waals surface area (Å²) in [7, 11) is 0. The second kappa shape index (κ2) is 3.91. The Balaban J connectivity index is 3.50. The first-order valence-electron chi connectivity index (χ1n) is 3.49. The first-order chi connectivity index (χ1) is 6.49. The molecule has 0 saturated carbocycles. The summed E-state index contributed by atoms with van der Waals surface area (Å²) in [5.74, 6) is -6.14. The summed E-state index contributed by atoms with van der Waals surface area (Å²) in [6, 6.07) is 0.305. The lowest BCUT2D eigenvalue weighted by atomic mass is 10.1. The van der Waals surface area contributed by atoms with Crippen LogP contribution in [0.2, 0.25) is 0 Å². The monoisotopic (exact) mass is 222 g/mol. The molecular formula is C8H5F3O2S. The van der Waals surface area contributed by atoms with Gasteiger partial charge in [0.05, 0.1) is 5.56 Å². The van der Waals surface area contributed by atoms with E-state index in [9.17, 15) is 18.0 Å². The van der Waals surface area contributed by atoms with Crippen LogP contribution in [0, 0.1) is 17.5 Å². The van der Waals surface area contributed by atoms with Gasteiger partial charge in [-0.15, -0.1) is 0 Å². The number of halogens is 3. The average molecular weight is 222 g/mol. The molecule has 0 aliphatic rings. The zero-order valence-corrected chi connectivity index (χ0v) is 7.62. The van der Waals surface area contributed by atoms with Crippen molar-refractivity contribution in [1.82, 2.24) is 0 Å². The van der Waals surface area contributed by atoms with E-state index in [2.05, 4.69) is 12.6 Å². The van der Waals surface area contributed by atoms with Crippen LogP contribution in [-0.2, 0) is 5.75 Å². The molecule has 0 aromatic heterocycles. The van der Waals surface area contributed by atoms with Gasteiger partial charge in [0.1, 0.15) is 5.82 Å². The molecule has 0 fully saturated rings. The Labute approximate surface area is 82.8 Å². The van der Waals surface area contributed by atoms with Gasteiger partial charge >= 0.3 is 5.97 Å². The van der Waals surface area contributed by atoms with E-state index in [4.69, 9.17) is 5.11 Å². The number of hydrogen-bond donors (Lipinski definition) is 2. The van der Waals surface area contributed by atoms with Crippen LogP contribution in [0.15, 0.2) is 6.07 Å². The molecule has 76 valence electrons. The lowest BCUT2D eigenvalue weighted by Gasteiger charge is -2.05. The predicted octanol–water partition coefficient (Wildman–Crippen LogP) is 2.23. The van der Waals surface area contributed by atoms with Gasteiger partial charge in [0.2, 0.25) is 0 Å². The molecule has 0 saturated heterocycles. The lowest BCUT2D eigenvalue weighted by Crippen LogP contribution is -2.07. The number of carbonyl (C=O) groups is 1. The van der Waals surface area contributed by atoms with Crippen LogP contribution in [-0.4, -0.2) is 11.1 Å². The van der Waals surface area contributed by atoms with Gasteiger partial charge in [0.25, 0.3) is 0 Å². The van der Waals surface area contributed by atoms with Gasteiger partial charge in [-0.25, -0.2) is 18.0 Å². The summed E-state index contributed by atoms with van der Waals surface area (Å²) < 4.78 is 38.7. The van der Waals surface area contributed by atoms with Crippen molar-refractivity contribution < 1.29 is 23.1 Å². The number of carboxylic acids is 1.